The lowest BCUT2D eigenvalue weighted by atomic mass is 9.92. The van der Waals surface area contributed by atoms with Gasteiger partial charge in [0.2, 0.25) is 11.8 Å². The van der Waals surface area contributed by atoms with Gasteiger partial charge in [0.25, 0.3) is 11.5 Å². The SMILES string of the molecule is [2H][C@@](C(=O)NC1CCC(F)(F)CC1)(c1cncnc1)N(C(=O)[C@H](F)Cl)c1ccc(-c2ccno2)cc1. The van der Waals surface area contributed by atoms with Crippen molar-refractivity contribution in [1.29, 1.82) is 0 Å². The number of nitrogens with zero attached hydrogens (tertiary/aromatic N) is 4. The van der Waals surface area contributed by atoms with Crippen LogP contribution in [0.15, 0.2) is 59.8 Å². The number of halogens is 4. The van der Waals surface area contributed by atoms with E-state index in [4.69, 9.17) is 16.1 Å². The van der Waals surface area contributed by atoms with Gasteiger partial charge in [0.1, 0.15) is 12.3 Å². The molecule has 8 nitrogen and oxygen atoms in total. The predicted molar refractivity (Wildman–Crippen MR) is 120 cm³/mol. The second-order valence-electron chi connectivity index (χ2n) is 7.98. The molecule has 0 bridgehead atoms. The highest BCUT2D eigenvalue weighted by atomic mass is 35.5. The van der Waals surface area contributed by atoms with Gasteiger partial charge in [-0.15, -0.1) is 0 Å². The quantitative estimate of drug-likeness (QED) is 0.474. The van der Waals surface area contributed by atoms with Gasteiger partial charge in [-0.1, -0.05) is 16.8 Å². The first-order valence-electron chi connectivity index (χ1n) is 11.2. The Balaban J connectivity index is 1.75. The number of carbonyl (C=O) groups is 2. The van der Waals surface area contributed by atoms with E-state index in [1.807, 2.05) is 0 Å². The summed E-state index contributed by atoms with van der Waals surface area (Å²) in [5.74, 6) is -4.84. The average molecular weight is 509 g/mol. The summed E-state index contributed by atoms with van der Waals surface area (Å²) in [6.07, 6.45) is 3.95. The molecule has 0 radical (unpaired) electrons. The van der Waals surface area contributed by atoms with Crippen LogP contribution in [0.25, 0.3) is 11.3 Å². The van der Waals surface area contributed by atoms with Crippen molar-refractivity contribution in [2.45, 2.75) is 49.3 Å². The second kappa shape index (κ2) is 10.4. The van der Waals surface area contributed by atoms with Crippen molar-refractivity contribution in [2.75, 3.05) is 4.90 Å². The zero-order chi connectivity index (χ0) is 25.9. The maximum Gasteiger partial charge on any atom is 0.278 e. The van der Waals surface area contributed by atoms with Crippen molar-refractivity contribution in [3.05, 3.63) is 60.8 Å². The van der Waals surface area contributed by atoms with Gasteiger partial charge in [-0.2, -0.15) is 0 Å². The highest BCUT2D eigenvalue weighted by Crippen LogP contribution is 2.35. The Kier molecular flexibility index (Phi) is 6.94. The average Bonchev–Trinajstić information content (AvgIpc) is 3.41. The minimum absolute atomic E-state index is 0.0266. The molecule has 1 saturated carbocycles. The lowest BCUT2D eigenvalue weighted by Crippen LogP contribution is -2.49. The number of carbonyl (C=O) groups excluding carboxylic acids is 2. The van der Waals surface area contributed by atoms with E-state index >= 15 is 0 Å². The lowest BCUT2D eigenvalue weighted by Gasteiger charge is -2.34. The van der Waals surface area contributed by atoms with Crippen LogP contribution >= 0.6 is 11.6 Å². The van der Waals surface area contributed by atoms with Crippen LogP contribution in [0.2, 0.25) is 0 Å². The van der Waals surface area contributed by atoms with Gasteiger partial charge >= 0.3 is 0 Å². The molecule has 2 amide bonds. The van der Waals surface area contributed by atoms with Crippen LogP contribution in [0.5, 0.6) is 0 Å². The molecule has 1 aliphatic rings. The zero-order valence-corrected chi connectivity index (χ0v) is 19.0. The fraction of sp³-hybridized carbons (Fsp3) is 0.348. The molecule has 2 aromatic heterocycles. The minimum atomic E-state index is -2.83. The number of nitrogens with one attached hydrogen (secondary N) is 1. The number of hydrogen-bond acceptors (Lipinski definition) is 6. The van der Waals surface area contributed by atoms with Crippen molar-refractivity contribution >= 4 is 29.1 Å². The van der Waals surface area contributed by atoms with E-state index in [0.29, 0.717) is 16.2 Å². The third kappa shape index (κ3) is 5.79. The van der Waals surface area contributed by atoms with Gasteiger partial charge in [0.15, 0.2) is 5.76 Å². The topological polar surface area (TPSA) is 101 Å². The number of benzene rings is 1. The van der Waals surface area contributed by atoms with Crippen LogP contribution in [-0.2, 0) is 9.59 Å². The summed E-state index contributed by atoms with van der Waals surface area (Å²) in [6.45, 7) is 0. The fourth-order valence-corrected chi connectivity index (χ4v) is 3.92. The van der Waals surface area contributed by atoms with Gasteiger partial charge < -0.3 is 9.84 Å². The summed E-state index contributed by atoms with van der Waals surface area (Å²) in [5.41, 5.74) is -2.21. The summed E-state index contributed by atoms with van der Waals surface area (Å²) in [6, 6.07) is 4.14. The predicted octanol–water partition coefficient (Wildman–Crippen LogP) is 4.43. The number of alkyl halides is 4. The molecule has 0 spiro atoms. The number of aromatic nitrogens is 3. The van der Waals surface area contributed by atoms with Gasteiger partial charge in [-0.05, 0) is 37.1 Å². The largest absolute Gasteiger partial charge is 0.356 e. The first-order chi connectivity index (χ1) is 17.1. The first kappa shape index (κ1) is 23.3. The van der Waals surface area contributed by atoms with Crippen LogP contribution < -0.4 is 10.2 Å². The van der Waals surface area contributed by atoms with Gasteiger partial charge in [0, 0.05) is 54.2 Å². The van der Waals surface area contributed by atoms with Crippen molar-refractivity contribution < 1.29 is 28.7 Å². The van der Waals surface area contributed by atoms with E-state index < -0.39 is 48.3 Å². The summed E-state index contributed by atoms with van der Waals surface area (Å²) in [5, 5.41) is 6.20. The Labute approximate surface area is 204 Å². The molecule has 0 aliphatic heterocycles. The van der Waals surface area contributed by atoms with E-state index in [2.05, 4.69) is 20.4 Å². The third-order valence-electron chi connectivity index (χ3n) is 5.58. The summed E-state index contributed by atoms with van der Waals surface area (Å²) in [4.78, 5) is 34.8. The van der Waals surface area contributed by atoms with Crippen LogP contribution in [0, 0.1) is 0 Å². The van der Waals surface area contributed by atoms with Crippen molar-refractivity contribution in [3.8, 4) is 11.3 Å². The number of rotatable bonds is 7. The van der Waals surface area contributed by atoms with E-state index in [9.17, 15) is 24.1 Å². The van der Waals surface area contributed by atoms with Crippen molar-refractivity contribution in [1.82, 2.24) is 20.4 Å². The minimum Gasteiger partial charge on any atom is -0.356 e. The van der Waals surface area contributed by atoms with Crippen LogP contribution in [0.4, 0.5) is 18.9 Å². The molecule has 1 fully saturated rings. The van der Waals surface area contributed by atoms with E-state index in [1.54, 1.807) is 6.07 Å². The maximum atomic E-state index is 14.2. The zero-order valence-electron chi connectivity index (χ0n) is 19.2. The third-order valence-corrected chi connectivity index (χ3v) is 5.77. The Morgan fingerprint density at radius 1 is 1.17 bits per heavy atom. The normalized spacial score (nSPS) is 18.7. The van der Waals surface area contributed by atoms with E-state index in [-0.39, 0.29) is 24.1 Å². The number of anilines is 1. The molecule has 3 aromatic rings. The lowest BCUT2D eigenvalue weighted by molar-refractivity contribution is -0.128. The Bertz CT molecular complexity index is 1190. The number of amides is 2. The van der Waals surface area contributed by atoms with Gasteiger partial charge in [-0.3, -0.25) is 14.5 Å². The van der Waals surface area contributed by atoms with Crippen molar-refractivity contribution in [2.24, 2.45) is 0 Å². The first-order valence-corrected chi connectivity index (χ1v) is 11.1. The Morgan fingerprint density at radius 3 is 2.40 bits per heavy atom. The summed E-state index contributed by atoms with van der Waals surface area (Å²) < 4.78 is 55.7. The second-order valence-corrected chi connectivity index (χ2v) is 8.36. The standard InChI is InChI=1S/C23H21ClF3N5O3/c24-20(25)22(34)32(17-3-1-14(2-4-17)18-7-10-30-35-18)19(15-11-28-13-29-12-15)21(33)31-16-5-8-23(26,27)9-6-16/h1-4,7,10-13,16,19-20H,5-6,8-9H2,(H,31,33)/t19-,20-/m0/s1/i19D. The Morgan fingerprint density at radius 2 is 1.83 bits per heavy atom. The highest BCUT2D eigenvalue weighted by Gasteiger charge is 2.39. The fourth-order valence-electron chi connectivity index (χ4n) is 3.82. The molecular formula is C23H21ClF3N5O3. The number of hydrogen-bond donors (Lipinski definition) is 1. The molecule has 1 aliphatic carbocycles. The summed E-state index contributed by atoms with van der Waals surface area (Å²) >= 11 is 5.50. The molecule has 1 N–H and O–H groups in total. The monoisotopic (exact) mass is 508 g/mol. The summed E-state index contributed by atoms with van der Waals surface area (Å²) in [7, 11) is 0. The van der Waals surface area contributed by atoms with Gasteiger partial charge in [0.05, 0.1) is 7.57 Å². The molecular weight excluding hydrogens is 487 g/mol. The molecule has 184 valence electrons. The molecule has 2 atom stereocenters. The Hall–Kier alpha value is -3.47. The smallest absolute Gasteiger partial charge is 0.278 e. The van der Waals surface area contributed by atoms with Crippen LogP contribution in [0.3, 0.4) is 0 Å². The highest BCUT2D eigenvalue weighted by molar-refractivity contribution is 6.32. The van der Waals surface area contributed by atoms with Gasteiger partial charge in [-0.25, -0.2) is 23.1 Å². The molecule has 1 aromatic carbocycles. The maximum absolute atomic E-state index is 14.2. The van der Waals surface area contributed by atoms with E-state index in [1.165, 1.54) is 30.5 Å². The molecule has 12 heteroatoms. The van der Waals surface area contributed by atoms with E-state index in [0.717, 1.165) is 18.7 Å². The molecule has 0 saturated heterocycles. The molecule has 0 unspecified atom stereocenters. The van der Waals surface area contributed by atoms with Crippen LogP contribution in [0.1, 0.15) is 38.6 Å². The van der Waals surface area contributed by atoms with Crippen LogP contribution in [-0.4, -0.2) is 44.5 Å². The van der Waals surface area contributed by atoms with Crippen molar-refractivity contribution in [3.63, 3.8) is 0 Å². The molecule has 2 heterocycles. The molecule has 35 heavy (non-hydrogen) atoms. The molecule has 4 rings (SSSR count).